The van der Waals surface area contributed by atoms with Gasteiger partial charge in [-0.3, -0.25) is 4.79 Å². The molecule has 7 heteroatoms. The predicted octanol–water partition coefficient (Wildman–Crippen LogP) is 3.93. The van der Waals surface area contributed by atoms with Gasteiger partial charge < -0.3 is 14.5 Å². The largest absolute Gasteiger partial charge is 0.495 e. The number of furan rings is 1. The van der Waals surface area contributed by atoms with Crippen molar-refractivity contribution in [3.8, 4) is 10.8 Å². The van der Waals surface area contributed by atoms with Crippen molar-refractivity contribution >= 4 is 28.1 Å². The number of fused-ring (bicyclic) bond motifs is 1. The van der Waals surface area contributed by atoms with Gasteiger partial charge >= 0.3 is 0 Å². The molecule has 0 aliphatic rings. The molecule has 1 amide bonds. The summed E-state index contributed by atoms with van der Waals surface area (Å²) >= 11 is 1.60. The predicted molar refractivity (Wildman–Crippen MR) is 100 cm³/mol. The molecule has 26 heavy (non-hydrogen) atoms. The van der Waals surface area contributed by atoms with Crippen LogP contribution in [0.25, 0.3) is 15.9 Å². The molecule has 0 unspecified atom stereocenters. The number of aryl methyl sites for hydroxylation is 1. The van der Waals surface area contributed by atoms with Crippen LogP contribution in [0, 0.1) is 6.92 Å². The minimum Gasteiger partial charge on any atom is -0.495 e. The van der Waals surface area contributed by atoms with Gasteiger partial charge in [0.15, 0.2) is 0 Å². The Hall–Kier alpha value is -3.06. The van der Waals surface area contributed by atoms with E-state index in [0.29, 0.717) is 23.6 Å². The van der Waals surface area contributed by atoms with Crippen LogP contribution in [0.1, 0.15) is 21.9 Å². The summed E-state index contributed by atoms with van der Waals surface area (Å²) in [5.41, 5.74) is 1.36. The molecule has 132 valence electrons. The highest BCUT2D eigenvalue weighted by Gasteiger charge is 2.18. The zero-order chi connectivity index (χ0) is 18.1. The average Bonchev–Trinajstić information content (AvgIpc) is 3.38. The summed E-state index contributed by atoms with van der Waals surface area (Å²) in [7, 11) is 1.56. The van der Waals surface area contributed by atoms with E-state index in [1.54, 1.807) is 30.7 Å². The van der Waals surface area contributed by atoms with E-state index in [4.69, 9.17) is 9.15 Å². The number of carbonyl (C=O) groups excluding carboxylic acids is 1. The van der Waals surface area contributed by atoms with Gasteiger partial charge in [-0.25, -0.2) is 4.68 Å². The highest BCUT2D eigenvalue weighted by Crippen LogP contribution is 2.31. The lowest BCUT2D eigenvalue weighted by atomic mass is 10.1. The molecule has 0 aliphatic carbocycles. The van der Waals surface area contributed by atoms with Gasteiger partial charge in [0.2, 0.25) is 0 Å². The van der Waals surface area contributed by atoms with Crippen LogP contribution in [0.2, 0.25) is 0 Å². The summed E-state index contributed by atoms with van der Waals surface area (Å²) in [6, 6.07) is 11.3. The fraction of sp³-hybridized carbons (Fsp3) is 0.158. The molecule has 0 bridgehead atoms. The first-order chi connectivity index (χ1) is 12.7. The molecule has 1 aromatic carbocycles. The number of hydrogen-bond acceptors (Lipinski definition) is 5. The zero-order valence-corrected chi connectivity index (χ0v) is 15.2. The van der Waals surface area contributed by atoms with E-state index in [-0.39, 0.29) is 5.91 Å². The van der Waals surface area contributed by atoms with Gasteiger partial charge in [-0.15, -0.1) is 11.3 Å². The Morgan fingerprint density at radius 3 is 2.88 bits per heavy atom. The molecular weight excluding hydrogens is 350 g/mol. The monoisotopic (exact) mass is 367 g/mol. The minimum atomic E-state index is -0.221. The summed E-state index contributed by atoms with van der Waals surface area (Å²) < 4.78 is 12.9. The van der Waals surface area contributed by atoms with E-state index in [9.17, 15) is 4.79 Å². The number of nitrogens with one attached hydrogen (secondary N) is 1. The van der Waals surface area contributed by atoms with Gasteiger partial charge in [-0.05, 0) is 48.7 Å². The van der Waals surface area contributed by atoms with Crippen LogP contribution in [-0.4, -0.2) is 22.8 Å². The number of thiophene rings is 1. The van der Waals surface area contributed by atoms with E-state index in [1.165, 1.54) is 0 Å². The van der Waals surface area contributed by atoms with Crippen LogP contribution in [0.5, 0.6) is 5.75 Å². The van der Waals surface area contributed by atoms with Crippen molar-refractivity contribution in [2.75, 3.05) is 7.11 Å². The molecule has 0 saturated carbocycles. The number of methoxy groups -OCH3 is 1. The Balaban J connectivity index is 1.66. The second kappa shape index (κ2) is 6.68. The molecule has 6 nitrogen and oxygen atoms in total. The van der Waals surface area contributed by atoms with E-state index in [0.717, 1.165) is 21.7 Å². The number of rotatable bonds is 5. The van der Waals surface area contributed by atoms with Crippen molar-refractivity contribution in [2.24, 2.45) is 0 Å². The van der Waals surface area contributed by atoms with E-state index in [1.807, 2.05) is 47.3 Å². The lowest BCUT2D eigenvalue weighted by molar-refractivity contribution is 0.0945. The van der Waals surface area contributed by atoms with Crippen LogP contribution in [-0.2, 0) is 6.54 Å². The molecule has 4 aromatic rings. The Kier molecular flexibility index (Phi) is 4.22. The van der Waals surface area contributed by atoms with Gasteiger partial charge in [0.1, 0.15) is 22.3 Å². The summed E-state index contributed by atoms with van der Waals surface area (Å²) in [6.45, 7) is 2.19. The maximum absolute atomic E-state index is 12.6. The summed E-state index contributed by atoms with van der Waals surface area (Å²) in [6.07, 6.45) is 1.72. The fourth-order valence-corrected chi connectivity index (χ4v) is 3.58. The molecule has 3 heterocycles. The van der Waals surface area contributed by atoms with Crippen molar-refractivity contribution in [1.29, 1.82) is 0 Å². The molecule has 0 atom stereocenters. The summed E-state index contributed by atoms with van der Waals surface area (Å²) in [4.78, 5) is 12.6. The normalized spacial score (nSPS) is 11.0. The summed E-state index contributed by atoms with van der Waals surface area (Å²) in [5, 5.41) is 11.1. The van der Waals surface area contributed by atoms with Crippen LogP contribution in [0.3, 0.4) is 0 Å². The number of ether oxygens (including phenoxy) is 1. The first-order valence-electron chi connectivity index (χ1n) is 8.09. The number of amides is 1. The molecule has 4 rings (SSSR count). The highest BCUT2D eigenvalue weighted by molar-refractivity contribution is 7.12. The van der Waals surface area contributed by atoms with Gasteiger partial charge in [0.05, 0.1) is 36.3 Å². The topological polar surface area (TPSA) is 69.3 Å². The van der Waals surface area contributed by atoms with Crippen molar-refractivity contribution < 1.29 is 13.9 Å². The van der Waals surface area contributed by atoms with E-state index in [2.05, 4.69) is 10.4 Å². The van der Waals surface area contributed by atoms with Crippen LogP contribution in [0.15, 0.2) is 52.4 Å². The first kappa shape index (κ1) is 16.4. The molecule has 1 N–H and O–H groups in total. The molecule has 0 radical (unpaired) electrons. The third-order valence-electron chi connectivity index (χ3n) is 4.09. The van der Waals surface area contributed by atoms with Crippen molar-refractivity contribution in [3.05, 3.63) is 65.1 Å². The van der Waals surface area contributed by atoms with Crippen molar-refractivity contribution in [1.82, 2.24) is 15.1 Å². The number of nitrogens with zero attached hydrogens (tertiary/aromatic N) is 2. The number of benzene rings is 1. The average molecular weight is 367 g/mol. The maximum Gasteiger partial charge on any atom is 0.255 e. The number of carbonyl (C=O) groups is 1. The smallest absolute Gasteiger partial charge is 0.255 e. The third-order valence-corrected chi connectivity index (χ3v) is 4.93. The lowest BCUT2D eigenvalue weighted by Crippen LogP contribution is -2.23. The van der Waals surface area contributed by atoms with Crippen LogP contribution < -0.4 is 10.1 Å². The second-order valence-corrected chi connectivity index (χ2v) is 6.71. The Morgan fingerprint density at radius 2 is 2.19 bits per heavy atom. The number of aromatic nitrogens is 2. The van der Waals surface area contributed by atoms with Crippen LogP contribution in [0.4, 0.5) is 0 Å². The Bertz CT molecular complexity index is 1060. The van der Waals surface area contributed by atoms with E-state index >= 15 is 0 Å². The van der Waals surface area contributed by atoms with E-state index < -0.39 is 0 Å². The SMILES string of the molecule is COc1c(C(=O)NCc2ccc(C)o2)ccc2c1cnn2-c1cccs1. The van der Waals surface area contributed by atoms with Gasteiger partial charge in [-0.2, -0.15) is 5.10 Å². The first-order valence-corrected chi connectivity index (χ1v) is 8.97. The fourth-order valence-electron chi connectivity index (χ4n) is 2.88. The molecule has 0 aliphatic heterocycles. The maximum atomic E-state index is 12.6. The number of hydrogen-bond donors (Lipinski definition) is 1. The van der Waals surface area contributed by atoms with Gasteiger partial charge in [0, 0.05) is 0 Å². The van der Waals surface area contributed by atoms with Crippen molar-refractivity contribution in [2.45, 2.75) is 13.5 Å². The lowest BCUT2D eigenvalue weighted by Gasteiger charge is -2.10. The van der Waals surface area contributed by atoms with Gasteiger partial charge in [0.25, 0.3) is 5.91 Å². The Morgan fingerprint density at radius 1 is 1.31 bits per heavy atom. The second-order valence-electron chi connectivity index (χ2n) is 5.78. The zero-order valence-electron chi connectivity index (χ0n) is 14.4. The molecular formula is C19H17N3O3S. The molecule has 0 saturated heterocycles. The standard InChI is InChI=1S/C19H17N3O3S/c1-12-5-6-13(25-12)10-20-19(23)14-7-8-16-15(18(14)24-2)11-21-22(16)17-4-3-9-26-17/h3-9,11H,10H2,1-2H3,(H,20,23). The van der Waals surface area contributed by atoms with Crippen LogP contribution >= 0.6 is 11.3 Å². The molecule has 0 spiro atoms. The highest BCUT2D eigenvalue weighted by atomic mass is 32.1. The Labute approximate surface area is 154 Å². The minimum absolute atomic E-state index is 0.221. The summed E-state index contributed by atoms with van der Waals surface area (Å²) in [5.74, 6) is 1.82. The molecule has 3 aromatic heterocycles. The molecule has 0 fully saturated rings. The quantitative estimate of drug-likeness (QED) is 0.580. The third kappa shape index (κ3) is 2.86. The van der Waals surface area contributed by atoms with Crippen molar-refractivity contribution in [3.63, 3.8) is 0 Å². The van der Waals surface area contributed by atoms with Gasteiger partial charge in [-0.1, -0.05) is 0 Å².